The lowest BCUT2D eigenvalue weighted by Gasteiger charge is -2.53. The zero-order valence-electron chi connectivity index (χ0n) is 41.5. The summed E-state index contributed by atoms with van der Waals surface area (Å²) in [5.74, 6) is 1.21. The zero-order valence-corrected chi connectivity index (χ0v) is 41.5. The second-order valence-electron chi connectivity index (χ2n) is 21.6. The molecule has 15 heteroatoms. The Hall–Kier alpha value is -5.46. The van der Waals surface area contributed by atoms with Crippen molar-refractivity contribution >= 4 is 5.97 Å². The maximum Gasteiger partial charge on any atom is 0.335 e. The van der Waals surface area contributed by atoms with Crippen LogP contribution in [0.2, 0.25) is 0 Å². The number of aliphatic hydroxyl groups is 6. The maximum atomic E-state index is 13.3. The van der Waals surface area contributed by atoms with Crippen molar-refractivity contribution in [2.24, 2.45) is 34.5 Å². The van der Waals surface area contributed by atoms with Crippen molar-refractivity contribution in [2.75, 3.05) is 26.9 Å². The van der Waals surface area contributed by atoms with Crippen molar-refractivity contribution in [1.29, 1.82) is 5.26 Å². The number of hydrogen-bond donors (Lipinski definition) is 7. The second kappa shape index (κ2) is 21.8. The molecule has 0 radical (unpaired) electrons. The number of carbonyl (C=O) groups is 1. The first-order valence-electron chi connectivity index (χ1n) is 25.9. The van der Waals surface area contributed by atoms with Crippen LogP contribution in [-0.4, -0.2) is 121 Å². The summed E-state index contributed by atoms with van der Waals surface area (Å²) in [6.45, 7) is 3.88. The SMILES string of the molecule is C=CCc1ccc(O[C@H]2O[C@H]3[C@@H](O)[C@H](O)[C@]24C[C@@H]([C@H](O)CC#CO[C@@H]3CCCO)[C@]2(C=CO4)C=C[C@H]3C4(CCCC4)[C@@H](Cc4ccc(C(=O)O)cc4)C[C@@]3(O)C2)cc1C[C@@H](COC)[C@@H](CO)n1ccc(C#N)c1. The Balaban J connectivity index is 1.09. The molecule has 3 spiro atoms. The lowest BCUT2D eigenvalue weighted by molar-refractivity contribution is -0.334. The van der Waals surface area contributed by atoms with Gasteiger partial charge in [-0.2, -0.15) is 5.26 Å². The maximum absolute atomic E-state index is 13.3. The number of aliphatic hydroxyl groups excluding tert-OH is 5. The Labute approximate surface area is 427 Å². The topological polar surface area (TPSA) is 234 Å². The molecule has 3 aromatic rings. The molecular formula is C58H70N2O13. The van der Waals surface area contributed by atoms with Crippen molar-refractivity contribution in [3.05, 3.63) is 126 Å². The molecule has 2 saturated carbocycles. The van der Waals surface area contributed by atoms with E-state index in [-0.39, 0.29) is 80.7 Å². The fourth-order valence-corrected chi connectivity index (χ4v) is 13.9. The van der Waals surface area contributed by atoms with E-state index in [1.807, 2.05) is 34.9 Å². The molecule has 3 aliphatic carbocycles. The summed E-state index contributed by atoms with van der Waals surface area (Å²) < 4.78 is 34.1. The van der Waals surface area contributed by atoms with Crippen molar-refractivity contribution in [3.8, 4) is 23.8 Å². The minimum absolute atomic E-state index is 0.0280. The third-order valence-corrected chi connectivity index (χ3v) is 17.5. The standard InChI is InChI=1S/C58H70N2O13/c1-3-8-39-15-16-44(29-41(39)28-42(35-69-2)46(34-62)60-23-18-38(32-59)33-60)72-54-58-31-45(47(63)9-7-25-70-48(10-6-24-61)51(73-54)50(64)52(58)65)55(22-26-71-58)21-17-49-56(19-4-5-20-56)43(30-57(49,68)36-55)27-37-11-13-40(14-12-37)53(66)67/h3,11-18,21-23,26,29,33,42-43,45-52,54,61-65,68H,1,4-6,8-10,19-20,24,27-28,30-31,34-36H2,2H3,(H,66,67)/t42-,43-,45-,46+,47+,48+,49-,50+,51+,52-,54-,55-,57+,58+/m0/s1. The first kappa shape index (κ1) is 52.4. The first-order chi connectivity index (χ1) is 35.3. The van der Waals surface area contributed by atoms with E-state index in [1.54, 1.807) is 49.8 Å². The highest BCUT2D eigenvalue weighted by atomic mass is 16.7. The number of aromatic carboxylic acids is 1. The Morgan fingerprint density at radius 1 is 1.07 bits per heavy atom. The molecule has 390 valence electrons. The van der Waals surface area contributed by atoms with Gasteiger partial charge in [0.15, 0.2) is 5.60 Å². The Morgan fingerprint density at radius 2 is 1.86 bits per heavy atom. The third kappa shape index (κ3) is 9.99. The van der Waals surface area contributed by atoms with E-state index < -0.39 is 71.4 Å². The lowest BCUT2D eigenvalue weighted by Crippen LogP contribution is -2.70. The molecule has 0 unspecified atom stereocenters. The number of rotatable bonds is 17. The van der Waals surface area contributed by atoms with Crippen LogP contribution in [0.3, 0.4) is 0 Å². The number of aromatic nitrogens is 1. The van der Waals surface area contributed by atoms with Crippen LogP contribution in [0, 0.1) is 57.9 Å². The molecule has 2 aromatic carbocycles. The number of nitriles is 1. The predicted octanol–water partition coefficient (Wildman–Crippen LogP) is 5.94. The molecule has 3 bridgehead atoms. The van der Waals surface area contributed by atoms with E-state index in [2.05, 4.69) is 36.8 Å². The smallest absolute Gasteiger partial charge is 0.335 e. The average Bonchev–Trinajstić information content (AvgIpc) is 4.09. The normalized spacial score (nSPS) is 33.7. The van der Waals surface area contributed by atoms with Crippen molar-refractivity contribution in [3.63, 3.8) is 0 Å². The minimum Gasteiger partial charge on any atom is -0.486 e. The van der Waals surface area contributed by atoms with Crippen LogP contribution in [0.1, 0.15) is 103 Å². The molecule has 1 aromatic heterocycles. The number of methoxy groups -OCH3 is 1. The monoisotopic (exact) mass is 1000 g/mol. The van der Waals surface area contributed by atoms with Crippen LogP contribution in [0.5, 0.6) is 5.75 Å². The van der Waals surface area contributed by atoms with Crippen LogP contribution in [0.15, 0.2) is 98.1 Å². The van der Waals surface area contributed by atoms with Gasteiger partial charge in [-0.1, -0.05) is 55.2 Å². The average molecular weight is 1000 g/mol. The van der Waals surface area contributed by atoms with E-state index in [4.69, 9.17) is 23.7 Å². The Kier molecular flexibility index (Phi) is 15.6. The number of allylic oxidation sites excluding steroid dienone is 3. The molecule has 1 saturated heterocycles. The van der Waals surface area contributed by atoms with Gasteiger partial charge < -0.3 is 64.0 Å². The molecule has 4 aliphatic heterocycles. The third-order valence-electron chi connectivity index (χ3n) is 17.5. The van der Waals surface area contributed by atoms with E-state index >= 15 is 0 Å². The molecular weight excluding hydrogens is 933 g/mol. The van der Waals surface area contributed by atoms with Gasteiger partial charge in [-0.3, -0.25) is 0 Å². The van der Waals surface area contributed by atoms with Crippen LogP contribution in [0.25, 0.3) is 0 Å². The number of benzene rings is 2. The Morgan fingerprint density at radius 3 is 2.56 bits per heavy atom. The van der Waals surface area contributed by atoms with Crippen LogP contribution in [0.4, 0.5) is 0 Å². The highest BCUT2D eigenvalue weighted by Gasteiger charge is 2.68. The summed E-state index contributed by atoms with van der Waals surface area (Å²) in [6.07, 6.45) is 14.2. The minimum atomic E-state index is -1.86. The number of carboxylic acids is 1. The van der Waals surface area contributed by atoms with Gasteiger partial charge in [0.2, 0.25) is 6.29 Å². The summed E-state index contributed by atoms with van der Waals surface area (Å²) in [5, 5.41) is 90.4. The summed E-state index contributed by atoms with van der Waals surface area (Å²) >= 11 is 0. The summed E-state index contributed by atoms with van der Waals surface area (Å²) in [7, 11) is 1.60. The second-order valence-corrected chi connectivity index (χ2v) is 21.6. The molecule has 7 N–H and O–H groups in total. The lowest BCUT2D eigenvalue weighted by atomic mass is 9.56. The van der Waals surface area contributed by atoms with Crippen molar-refractivity contribution < 1.29 is 64.2 Å². The Bertz CT molecular complexity index is 2610. The molecule has 3 fully saturated rings. The summed E-state index contributed by atoms with van der Waals surface area (Å²) in [4.78, 5) is 11.7. The molecule has 14 atom stereocenters. The molecule has 73 heavy (non-hydrogen) atoms. The first-order valence-corrected chi connectivity index (χ1v) is 25.9. The van der Waals surface area contributed by atoms with Gasteiger partial charge in [0, 0.05) is 62.1 Å². The summed E-state index contributed by atoms with van der Waals surface area (Å²) in [6, 6.07) is 16.0. The molecule has 10 rings (SSSR count). The fourth-order valence-electron chi connectivity index (χ4n) is 13.9. The highest BCUT2D eigenvalue weighted by molar-refractivity contribution is 5.87. The highest BCUT2D eigenvalue weighted by Crippen LogP contribution is 2.67. The van der Waals surface area contributed by atoms with Crippen molar-refractivity contribution in [1.82, 2.24) is 4.57 Å². The number of hydrogen-bond acceptors (Lipinski definition) is 13. The van der Waals surface area contributed by atoms with E-state index in [0.717, 1.165) is 42.4 Å². The molecule has 7 aliphatic rings. The van der Waals surface area contributed by atoms with Crippen molar-refractivity contribution in [2.45, 2.75) is 138 Å². The van der Waals surface area contributed by atoms with E-state index in [9.17, 15) is 45.8 Å². The van der Waals surface area contributed by atoms with Gasteiger partial charge in [-0.25, -0.2) is 4.79 Å². The molecule has 5 heterocycles. The van der Waals surface area contributed by atoms with Gasteiger partial charge >= 0.3 is 5.97 Å². The molecule has 0 amide bonds. The van der Waals surface area contributed by atoms with Gasteiger partial charge in [0.1, 0.15) is 42.3 Å². The van der Waals surface area contributed by atoms with Crippen LogP contribution < -0.4 is 4.74 Å². The molecule has 15 nitrogen and oxygen atoms in total. The number of nitrogens with zero attached hydrogens (tertiary/aromatic N) is 2. The zero-order chi connectivity index (χ0) is 51.5. The number of fused-ring (bicyclic) bond motifs is 8. The van der Waals surface area contributed by atoms with Gasteiger partial charge in [0.25, 0.3) is 0 Å². The van der Waals surface area contributed by atoms with E-state index in [1.165, 1.54) is 6.26 Å². The summed E-state index contributed by atoms with van der Waals surface area (Å²) in [5.41, 5.74) is -0.813. The van der Waals surface area contributed by atoms with Crippen LogP contribution >= 0.6 is 0 Å². The fraction of sp³-hybridized carbons (Fsp3) is 0.552. The quantitative estimate of drug-likeness (QED) is 0.0613. The van der Waals surface area contributed by atoms with Gasteiger partial charge in [-0.15, -0.1) is 6.58 Å². The van der Waals surface area contributed by atoms with Gasteiger partial charge in [0.05, 0.1) is 48.3 Å². The number of ether oxygens (including phenoxy) is 5. The largest absolute Gasteiger partial charge is 0.486 e. The van der Waals surface area contributed by atoms with E-state index in [0.29, 0.717) is 37.0 Å². The van der Waals surface area contributed by atoms with Crippen LogP contribution in [-0.2, 0) is 38.2 Å². The predicted molar refractivity (Wildman–Crippen MR) is 267 cm³/mol. The number of carboxylic acid groups (broad SMARTS) is 1. The van der Waals surface area contributed by atoms with Gasteiger partial charge in [-0.05, 0) is 122 Å².